The first-order valence-corrected chi connectivity index (χ1v) is 18.7. The number of nitrogens with zero attached hydrogens (tertiary/aromatic N) is 1. The van der Waals surface area contributed by atoms with Crippen molar-refractivity contribution in [2.45, 2.75) is 88.9 Å². The molecule has 4 aliphatic rings. The molecule has 1 aliphatic carbocycles. The molecule has 2 bridgehead atoms. The summed E-state index contributed by atoms with van der Waals surface area (Å²) in [4.78, 5) is 0. The Morgan fingerprint density at radius 3 is 2.32 bits per heavy atom. The maximum atomic E-state index is 12.0. The normalized spacial score (nSPS) is 24.6. The van der Waals surface area contributed by atoms with Crippen LogP contribution in [-0.4, -0.2) is 82.1 Å². The third-order valence-electron chi connectivity index (χ3n) is 11.9. The lowest BCUT2D eigenvalue weighted by molar-refractivity contribution is -0.946. The Kier molecular flexibility index (Phi) is 12.2. The Labute approximate surface area is 297 Å². The minimum Gasteiger partial charge on any atom is -0.508 e. The van der Waals surface area contributed by atoms with Gasteiger partial charge >= 0.3 is 0 Å². The molecule has 9 heteroatoms. The average Bonchev–Trinajstić information content (AvgIpc) is 3.72. The van der Waals surface area contributed by atoms with Crippen LogP contribution in [0.15, 0.2) is 66.7 Å². The molecule has 0 amide bonds. The number of phenols is 1. The number of benzene rings is 3. The van der Waals surface area contributed by atoms with Crippen molar-refractivity contribution in [3.05, 3.63) is 94.5 Å². The number of aliphatic hydroxyl groups is 4. The predicted octanol–water partition coefficient (Wildman–Crippen LogP) is 5.23. The van der Waals surface area contributed by atoms with Gasteiger partial charge in [-0.1, -0.05) is 55.3 Å². The number of piperidine rings is 3. The van der Waals surface area contributed by atoms with E-state index in [9.17, 15) is 25.5 Å². The van der Waals surface area contributed by atoms with E-state index in [1.165, 1.54) is 32.0 Å². The summed E-state index contributed by atoms with van der Waals surface area (Å²) in [5.74, 6) is 1.50. The molecule has 1 unspecified atom stereocenters. The number of nitrogens with one attached hydrogen (secondary N) is 1. The van der Waals surface area contributed by atoms with E-state index >= 15 is 0 Å². The highest BCUT2D eigenvalue weighted by atomic mass is 16.5. The molecule has 0 radical (unpaired) electrons. The fraction of sp³-hybridized carbons (Fsp3) is 0.561. The van der Waals surface area contributed by atoms with E-state index in [1.54, 1.807) is 12.1 Å². The molecule has 3 aromatic carbocycles. The molecule has 272 valence electrons. The van der Waals surface area contributed by atoms with Crippen LogP contribution in [0.2, 0.25) is 0 Å². The highest BCUT2D eigenvalue weighted by Crippen LogP contribution is 2.43. The van der Waals surface area contributed by atoms with Crippen LogP contribution in [0, 0.1) is 11.8 Å². The highest BCUT2D eigenvalue weighted by molar-refractivity contribution is 5.39. The van der Waals surface area contributed by atoms with Gasteiger partial charge in [0.1, 0.15) is 29.7 Å². The number of aliphatic hydroxyl groups excluding tert-OH is 3. The zero-order valence-corrected chi connectivity index (χ0v) is 29.6. The maximum Gasteiger partial charge on any atom is 0.124 e. The van der Waals surface area contributed by atoms with Crippen LogP contribution in [0.25, 0.3) is 0 Å². The Morgan fingerprint density at radius 2 is 1.60 bits per heavy atom. The van der Waals surface area contributed by atoms with Crippen molar-refractivity contribution in [3.8, 4) is 11.5 Å². The zero-order chi connectivity index (χ0) is 35.1. The average molecular weight is 690 g/mol. The van der Waals surface area contributed by atoms with E-state index in [0.29, 0.717) is 36.0 Å². The van der Waals surface area contributed by atoms with Crippen molar-refractivity contribution in [2.75, 3.05) is 45.9 Å². The van der Waals surface area contributed by atoms with Crippen molar-refractivity contribution >= 4 is 0 Å². The SMILES string of the molecule is C[C@H](NC[C@H](O)c1ccc(O)c(CO)c1)c1ccc(OCCC[N+]23CCC(CC2)[C@@H](OCC(O)(c2ccccc2)C2CCCC2)C3)c(CO)c1. The van der Waals surface area contributed by atoms with Gasteiger partial charge in [-0.05, 0) is 66.6 Å². The molecule has 6 N–H and O–H groups in total. The molecular weight excluding hydrogens is 632 g/mol. The number of rotatable bonds is 17. The fourth-order valence-corrected chi connectivity index (χ4v) is 8.70. The molecule has 3 saturated heterocycles. The van der Waals surface area contributed by atoms with Gasteiger partial charge in [0.05, 0.1) is 52.2 Å². The molecule has 7 rings (SSSR count). The second-order valence-corrected chi connectivity index (χ2v) is 15.1. The molecule has 50 heavy (non-hydrogen) atoms. The summed E-state index contributed by atoms with van der Waals surface area (Å²) >= 11 is 0. The fourth-order valence-electron chi connectivity index (χ4n) is 8.70. The van der Waals surface area contributed by atoms with E-state index < -0.39 is 11.7 Å². The Balaban J connectivity index is 0.990. The van der Waals surface area contributed by atoms with Crippen LogP contribution >= 0.6 is 0 Å². The number of hydrogen-bond donors (Lipinski definition) is 6. The summed E-state index contributed by atoms with van der Waals surface area (Å²) < 4.78 is 14.0. The van der Waals surface area contributed by atoms with Crippen molar-refractivity contribution in [2.24, 2.45) is 11.8 Å². The van der Waals surface area contributed by atoms with Crippen LogP contribution in [-0.2, 0) is 23.6 Å². The minimum absolute atomic E-state index is 0.00507. The van der Waals surface area contributed by atoms with Crippen molar-refractivity contribution in [1.82, 2.24) is 5.32 Å². The Morgan fingerprint density at radius 1 is 0.900 bits per heavy atom. The quantitative estimate of drug-likeness (QED) is 0.0839. The summed E-state index contributed by atoms with van der Waals surface area (Å²) in [7, 11) is 0. The summed E-state index contributed by atoms with van der Waals surface area (Å²) in [6.45, 7) is 7.14. The van der Waals surface area contributed by atoms with E-state index in [2.05, 4.69) is 17.4 Å². The second-order valence-electron chi connectivity index (χ2n) is 15.1. The van der Waals surface area contributed by atoms with Gasteiger partial charge in [-0.2, -0.15) is 0 Å². The van der Waals surface area contributed by atoms with Crippen molar-refractivity contribution in [3.63, 3.8) is 0 Å². The number of aromatic hydroxyl groups is 1. The molecule has 4 fully saturated rings. The number of fused-ring (bicyclic) bond motifs is 3. The van der Waals surface area contributed by atoms with Gasteiger partial charge in [-0.15, -0.1) is 0 Å². The van der Waals surface area contributed by atoms with E-state index in [4.69, 9.17) is 9.47 Å². The smallest absolute Gasteiger partial charge is 0.124 e. The Hall–Kier alpha value is -3.02. The van der Waals surface area contributed by atoms with Crippen LogP contribution in [0.4, 0.5) is 0 Å². The number of ether oxygens (including phenoxy) is 2. The largest absolute Gasteiger partial charge is 0.508 e. The first-order valence-electron chi connectivity index (χ1n) is 18.7. The molecule has 0 aromatic heterocycles. The van der Waals surface area contributed by atoms with Crippen LogP contribution < -0.4 is 10.1 Å². The first-order chi connectivity index (χ1) is 24.2. The summed E-state index contributed by atoms with van der Waals surface area (Å²) in [6, 6.07) is 20.7. The van der Waals surface area contributed by atoms with Gasteiger partial charge < -0.3 is 44.8 Å². The van der Waals surface area contributed by atoms with E-state index in [-0.39, 0.29) is 43.6 Å². The lowest BCUT2D eigenvalue weighted by Gasteiger charge is -2.53. The standard InChI is InChI=1S/C41H56N2O7/c1-29(42-24-38(47)32-12-14-37(46)33(23-32)26-44)31-13-15-39(34(22-31)27-45)49-21-7-18-43-19-16-30(17-20-43)40(25-43)50-28-41(48,36-10-5-6-11-36)35-8-3-2-4-9-35/h2-4,8-9,12-15,22-23,29-30,36,38,40,42,44-45,47-48H,5-7,10-11,16-21,24-28H2,1H3/p+1/t29-,30?,38-,40-,41?,43?/m0/s1. The summed E-state index contributed by atoms with van der Waals surface area (Å²) in [5, 5.41) is 55.5. The predicted molar refractivity (Wildman–Crippen MR) is 192 cm³/mol. The first kappa shape index (κ1) is 36.8. The van der Waals surface area contributed by atoms with Gasteiger partial charge in [0.15, 0.2) is 0 Å². The van der Waals surface area contributed by atoms with Gasteiger partial charge in [-0.25, -0.2) is 0 Å². The molecule has 9 nitrogen and oxygen atoms in total. The third kappa shape index (κ3) is 8.37. The molecule has 3 aliphatic heterocycles. The molecular formula is C41H57N2O7+. The molecule has 4 atom stereocenters. The monoisotopic (exact) mass is 689 g/mol. The molecule has 1 saturated carbocycles. The van der Waals surface area contributed by atoms with Crippen LogP contribution in [0.1, 0.15) is 91.8 Å². The van der Waals surface area contributed by atoms with Crippen molar-refractivity contribution < 1.29 is 39.5 Å². The lowest BCUT2D eigenvalue weighted by Crippen LogP contribution is -2.65. The number of quaternary nitrogens is 1. The topological polar surface area (TPSA) is 132 Å². The van der Waals surface area contributed by atoms with Gasteiger partial charge in [0.25, 0.3) is 0 Å². The maximum absolute atomic E-state index is 12.0. The summed E-state index contributed by atoms with van der Waals surface area (Å²) in [6.07, 6.45) is 7.05. The Bertz CT molecular complexity index is 1520. The van der Waals surface area contributed by atoms with E-state index in [1.807, 2.05) is 43.3 Å². The van der Waals surface area contributed by atoms with Crippen molar-refractivity contribution in [1.29, 1.82) is 0 Å². The minimum atomic E-state index is -0.934. The lowest BCUT2D eigenvalue weighted by atomic mass is 9.80. The highest BCUT2D eigenvalue weighted by Gasteiger charge is 2.48. The molecule has 3 heterocycles. The second kappa shape index (κ2) is 16.5. The molecule has 3 aromatic rings. The molecule has 0 spiro atoms. The number of hydrogen-bond acceptors (Lipinski definition) is 8. The third-order valence-corrected chi connectivity index (χ3v) is 11.9. The summed E-state index contributed by atoms with van der Waals surface area (Å²) in [5.41, 5.74) is 2.75. The van der Waals surface area contributed by atoms with Gasteiger partial charge in [0, 0.05) is 48.9 Å². The van der Waals surface area contributed by atoms with Gasteiger partial charge in [0.2, 0.25) is 0 Å². The van der Waals surface area contributed by atoms with Crippen LogP contribution in [0.3, 0.4) is 0 Å². The van der Waals surface area contributed by atoms with Gasteiger partial charge in [-0.3, -0.25) is 0 Å². The van der Waals surface area contributed by atoms with Crippen LogP contribution in [0.5, 0.6) is 11.5 Å². The zero-order valence-electron chi connectivity index (χ0n) is 29.6. The van der Waals surface area contributed by atoms with E-state index in [0.717, 1.165) is 66.4 Å².